The Bertz CT molecular complexity index is 1530. The maximum absolute atomic E-state index is 12.7. The Balaban J connectivity index is 1.53. The predicted molar refractivity (Wildman–Crippen MR) is 126 cm³/mol. The van der Waals surface area contributed by atoms with Crippen LogP contribution in [0.4, 0.5) is 5.69 Å². The number of sulfonamides is 1. The van der Waals surface area contributed by atoms with Crippen molar-refractivity contribution in [3.63, 3.8) is 0 Å². The fourth-order valence-corrected chi connectivity index (χ4v) is 4.20. The average molecular weight is 482 g/mol. The smallest absolute Gasteiger partial charge is 0.273 e. The zero-order valence-corrected chi connectivity index (χ0v) is 18.4. The first-order valence-electron chi connectivity index (χ1n) is 9.56. The Morgan fingerprint density at radius 3 is 2.45 bits per heavy atom. The molecule has 33 heavy (non-hydrogen) atoms. The van der Waals surface area contributed by atoms with Gasteiger partial charge in [-0.05, 0) is 48.5 Å². The Morgan fingerprint density at radius 1 is 0.970 bits per heavy atom. The van der Waals surface area contributed by atoms with Gasteiger partial charge in [-0.25, -0.2) is 13.8 Å². The maximum atomic E-state index is 12.7. The lowest BCUT2D eigenvalue weighted by Gasteiger charge is -2.11. The number of nitrogens with one attached hydrogen (secondary N) is 2. The van der Waals surface area contributed by atoms with E-state index in [0.717, 1.165) is 6.21 Å². The molecule has 1 amide bonds. The van der Waals surface area contributed by atoms with E-state index in [4.69, 9.17) is 16.0 Å². The van der Waals surface area contributed by atoms with Crippen LogP contribution in [-0.4, -0.2) is 20.5 Å². The summed E-state index contributed by atoms with van der Waals surface area (Å²) in [7, 11) is -3.96. The number of rotatable bonds is 6. The molecule has 4 aromatic rings. The van der Waals surface area contributed by atoms with Crippen LogP contribution < -0.4 is 15.6 Å². The van der Waals surface area contributed by atoms with Crippen molar-refractivity contribution in [2.45, 2.75) is 4.90 Å². The normalized spacial score (nSPS) is 11.5. The molecule has 0 aliphatic heterocycles. The molecule has 8 nitrogen and oxygen atoms in total. The van der Waals surface area contributed by atoms with Gasteiger partial charge in [0.25, 0.3) is 15.9 Å². The number of carbonyl (C=O) groups excluding carboxylic acids is 1. The average Bonchev–Trinajstić information content (AvgIpc) is 2.81. The minimum atomic E-state index is -3.96. The molecule has 10 heteroatoms. The molecule has 3 aromatic carbocycles. The highest BCUT2D eigenvalue weighted by atomic mass is 35.5. The van der Waals surface area contributed by atoms with Gasteiger partial charge in [0, 0.05) is 5.02 Å². The third kappa shape index (κ3) is 4.94. The van der Waals surface area contributed by atoms with Crippen molar-refractivity contribution in [2.24, 2.45) is 5.10 Å². The van der Waals surface area contributed by atoms with Crippen LogP contribution in [0.15, 0.2) is 98.3 Å². The third-order valence-corrected chi connectivity index (χ3v) is 6.25. The van der Waals surface area contributed by atoms with E-state index in [1.54, 1.807) is 36.4 Å². The quantitative estimate of drug-likeness (QED) is 0.318. The third-order valence-electron chi connectivity index (χ3n) is 4.62. The molecular formula is C23H16ClN3O5S. The molecular weight excluding hydrogens is 466 g/mol. The van der Waals surface area contributed by atoms with Gasteiger partial charge in [-0.15, -0.1) is 0 Å². The molecule has 4 rings (SSSR count). The van der Waals surface area contributed by atoms with E-state index in [0.29, 0.717) is 16.0 Å². The van der Waals surface area contributed by atoms with Gasteiger partial charge in [0.1, 0.15) is 11.8 Å². The van der Waals surface area contributed by atoms with Gasteiger partial charge in [-0.3, -0.25) is 14.3 Å². The van der Waals surface area contributed by atoms with Crippen LogP contribution >= 0.6 is 11.6 Å². The summed E-state index contributed by atoms with van der Waals surface area (Å²) in [5.41, 5.74) is 2.67. The first-order chi connectivity index (χ1) is 15.8. The van der Waals surface area contributed by atoms with Crippen LogP contribution in [-0.2, 0) is 10.0 Å². The second-order valence-electron chi connectivity index (χ2n) is 6.82. The zero-order valence-electron chi connectivity index (χ0n) is 16.9. The number of benzene rings is 3. The molecule has 1 heterocycles. The van der Waals surface area contributed by atoms with Crippen LogP contribution in [0.1, 0.15) is 15.9 Å². The van der Waals surface area contributed by atoms with Crippen molar-refractivity contribution in [2.75, 3.05) is 4.72 Å². The number of nitrogens with zero attached hydrogens (tertiary/aromatic N) is 1. The molecule has 0 aliphatic rings. The highest BCUT2D eigenvalue weighted by molar-refractivity contribution is 7.92. The molecule has 0 saturated heterocycles. The lowest BCUT2D eigenvalue weighted by atomic mass is 10.2. The first-order valence-corrected chi connectivity index (χ1v) is 11.4. The van der Waals surface area contributed by atoms with E-state index in [2.05, 4.69) is 15.2 Å². The van der Waals surface area contributed by atoms with Crippen molar-refractivity contribution in [1.29, 1.82) is 0 Å². The van der Waals surface area contributed by atoms with Gasteiger partial charge < -0.3 is 4.42 Å². The Labute approximate surface area is 193 Å². The summed E-state index contributed by atoms with van der Waals surface area (Å²) in [6, 6.07) is 18.4. The van der Waals surface area contributed by atoms with Crippen molar-refractivity contribution in [3.8, 4) is 0 Å². The number of carbonyl (C=O) groups is 1. The summed E-state index contributed by atoms with van der Waals surface area (Å²) in [5.74, 6) is -0.675. The number of halogens is 1. The van der Waals surface area contributed by atoms with Crippen LogP contribution in [0.2, 0.25) is 5.02 Å². The summed E-state index contributed by atoms with van der Waals surface area (Å²) in [6.45, 7) is 0. The monoisotopic (exact) mass is 481 g/mol. The molecule has 0 bridgehead atoms. The van der Waals surface area contributed by atoms with Crippen molar-refractivity contribution < 1.29 is 17.6 Å². The molecule has 0 spiro atoms. The van der Waals surface area contributed by atoms with Gasteiger partial charge in [-0.1, -0.05) is 35.9 Å². The van der Waals surface area contributed by atoms with E-state index in [-0.39, 0.29) is 27.1 Å². The largest absolute Gasteiger partial charge is 0.463 e. The lowest BCUT2D eigenvalue weighted by Crippen LogP contribution is -2.22. The maximum Gasteiger partial charge on any atom is 0.273 e. The van der Waals surface area contributed by atoms with E-state index in [1.807, 2.05) is 0 Å². The van der Waals surface area contributed by atoms with Gasteiger partial charge in [0.2, 0.25) is 5.43 Å². The molecule has 0 saturated carbocycles. The van der Waals surface area contributed by atoms with Crippen molar-refractivity contribution in [3.05, 3.63) is 105 Å². The number of para-hydroxylation sites is 2. The predicted octanol–water partition coefficient (Wildman–Crippen LogP) is 4.01. The SMILES string of the molecule is O=C(NN=Cc1coc2ccccc2c1=O)c1ccccc1NS(=O)(=O)c1ccc(Cl)cc1. The van der Waals surface area contributed by atoms with Crippen LogP contribution in [0.5, 0.6) is 0 Å². The number of hydrogen-bond acceptors (Lipinski definition) is 6. The first kappa shape index (κ1) is 22.3. The van der Waals surface area contributed by atoms with Gasteiger partial charge in [0.15, 0.2) is 0 Å². The van der Waals surface area contributed by atoms with E-state index < -0.39 is 15.9 Å². The summed E-state index contributed by atoms with van der Waals surface area (Å²) in [6.07, 6.45) is 2.41. The summed E-state index contributed by atoms with van der Waals surface area (Å²) in [4.78, 5) is 25.1. The molecule has 0 aliphatic carbocycles. The number of hydrazone groups is 1. The number of fused-ring (bicyclic) bond motifs is 1. The Hall–Kier alpha value is -3.95. The van der Waals surface area contributed by atoms with Gasteiger partial charge >= 0.3 is 0 Å². The summed E-state index contributed by atoms with van der Waals surface area (Å²) in [5, 5.41) is 4.59. The summed E-state index contributed by atoms with van der Waals surface area (Å²) >= 11 is 5.81. The summed E-state index contributed by atoms with van der Waals surface area (Å²) < 4.78 is 33.1. The highest BCUT2D eigenvalue weighted by Gasteiger charge is 2.18. The molecule has 2 N–H and O–H groups in total. The molecule has 0 atom stereocenters. The molecule has 0 fully saturated rings. The van der Waals surface area contributed by atoms with E-state index in [9.17, 15) is 18.0 Å². The number of anilines is 1. The standard InChI is InChI=1S/C23H16ClN3O5S/c24-16-9-11-17(12-10-16)33(30,31)27-20-7-3-1-5-18(20)23(29)26-25-13-15-14-32-21-8-4-2-6-19(21)22(15)28/h1-14,27H,(H,26,29). The number of amides is 1. The lowest BCUT2D eigenvalue weighted by molar-refractivity contribution is 0.0956. The van der Waals surface area contributed by atoms with Crippen LogP contribution in [0.3, 0.4) is 0 Å². The van der Waals surface area contributed by atoms with Crippen LogP contribution in [0.25, 0.3) is 11.0 Å². The topological polar surface area (TPSA) is 118 Å². The zero-order chi connectivity index (χ0) is 23.4. The fraction of sp³-hybridized carbons (Fsp3) is 0. The van der Waals surface area contributed by atoms with Gasteiger partial charge in [-0.2, -0.15) is 5.10 Å². The fourth-order valence-electron chi connectivity index (χ4n) is 2.99. The molecule has 166 valence electrons. The Kier molecular flexibility index (Phi) is 6.25. The van der Waals surface area contributed by atoms with Crippen molar-refractivity contribution >= 4 is 50.4 Å². The minimum absolute atomic E-state index is 0.0110. The Morgan fingerprint density at radius 2 is 1.67 bits per heavy atom. The second kappa shape index (κ2) is 9.27. The van der Waals surface area contributed by atoms with Gasteiger partial charge in [0.05, 0.1) is 33.3 Å². The molecule has 1 aromatic heterocycles. The van der Waals surface area contributed by atoms with Crippen LogP contribution in [0, 0.1) is 0 Å². The van der Waals surface area contributed by atoms with E-state index >= 15 is 0 Å². The highest BCUT2D eigenvalue weighted by Crippen LogP contribution is 2.21. The molecule has 0 radical (unpaired) electrons. The minimum Gasteiger partial charge on any atom is -0.463 e. The van der Waals surface area contributed by atoms with E-state index in [1.165, 1.54) is 42.7 Å². The number of hydrogen-bond donors (Lipinski definition) is 2. The second-order valence-corrected chi connectivity index (χ2v) is 8.94. The van der Waals surface area contributed by atoms with Crippen molar-refractivity contribution in [1.82, 2.24) is 5.43 Å². The molecule has 0 unspecified atom stereocenters.